The summed E-state index contributed by atoms with van der Waals surface area (Å²) in [6.07, 6.45) is 6.99. The minimum atomic E-state index is 0.204. The number of rotatable bonds is 9. The number of amides is 1. The molecule has 17 heavy (non-hydrogen) atoms. The third-order valence-corrected chi connectivity index (χ3v) is 2.53. The molecule has 4 heteroatoms. The zero-order chi connectivity index (χ0) is 13.1. The van der Waals surface area contributed by atoms with Gasteiger partial charge in [-0.2, -0.15) is 0 Å². The van der Waals surface area contributed by atoms with Gasteiger partial charge in [-0.1, -0.05) is 0 Å². The van der Waals surface area contributed by atoms with Crippen molar-refractivity contribution in [2.75, 3.05) is 41.3 Å². The van der Waals surface area contributed by atoms with Crippen LogP contribution in [0.2, 0.25) is 0 Å². The second kappa shape index (κ2) is 10.1. The van der Waals surface area contributed by atoms with Gasteiger partial charge in [0.15, 0.2) is 0 Å². The highest BCUT2D eigenvalue weighted by Gasteiger charge is 2.06. The second-order valence-corrected chi connectivity index (χ2v) is 4.47. The number of ether oxygens (including phenoxy) is 1. The lowest BCUT2D eigenvalue weighted by molar-refractivity contribution is -0.129. The van der Waals surface area contributed by atoms with Gasteiger partial charge in [0.25, 0.3) is 0 Å². The van der Waals surface area contributed by atoms with Crippen LogP contribution in [0, 0.1) is 0 Å². The molecule has 0 aromatic heterocycles. The van der Waals surface area contributed by atoms with Crippen molar-refractivity contribution in [2.45, 2.75) is 25.7 Å². The maximum absolute atomic E-state index is 11.7. The molecule has 0 aliphatic heterocycles. The molecular weight excluding hydrogens is 216 g/mol. The van der Waals surface area contributed by atoms with E-state index >= 15 is 0 Å². The largest absolute Gasteiger partial charge is 0.505 e. The maximum Gasteiger partial charge on any atom is 0.222 e. The summed E-state index contributed by atoms with van der Waals surface area (Å²) in [6.45, 7) is 1.93. The van der Waals surface area contributed by atoms with Gasteiger partial charge in [-0.05, 0) is 46.0 Å². The summed E-state index contributed by atoms with van der Waals surface area (Å²) >= 11 is 0. The molecule has 0 radical (unpaired) electrons. The van der Waals surface area contributed by atoms with E-state index in [1.807, 2.05) is 18.0 Å². The molecule has 0 N–H and O–H groups in total. The molecule has 0 saturated carbocycles. The molecule has 0 spiro atoms. The fraction of sp³-hybridized carbons (Fsp3) is 0.769. The van der Waals surface area contributed by atoms with Crippen LogP contribution in [0.1, 0.15) is 25.7 Å². The average Bonchev–Trinajstić information content (AvgIpc) is 2.29. The standard InChI is InChI=1S/C13H26N2O2/c1-14(2)10-6-7-11-15(3)13(16)9-5-8-12-17-4/h8,12H,5-7,9-11H2,1-4H3/b12-8+. The Bertz CT molecular complexity index is 227. The van der Waals surface area contributed by atoms with E-state index < -0.39 is 0 Å². The Morgan fingerprint density at radius 3 is 2.41 bits per heavy atom. The molecule has 0 heterocycles. The number of nitrogens with zero attached hydrogens (tertiary/aromatic N) is 2. The first-order valence-corrected chi connectivity index (χ1v) is 6.14. The Morgan fingerprint density at radius 1 is 1.18 bits per heavy atom. The number of unbranched alkanes of at least 4 members (excludes halogenated alkanes) is 1. The number of carbonyl (C=O) groups is 1. The minimum absolute atomic E-state index is 0.204. The highest BCUT2D eigenvalue weighted by Crippen LogP contribution is 2.00. The Labute approximate surface area is 105 Å². The summed E-state index contributed by atoms with van der Waals surface area (Å²) in [5.41, 5.74) is 0. The number of hydrogen-bond acceptors (Lipinski definition) is 3. The number of carbonyl (C=O) groups excluding carboxylic acids is 1. The van der Waals surface area contributed by atoms with E-state index in [9.17, 15) is 4.79 Å². The summed E-state index contributed by atoms with van der Waals surface area (Å²) in [5.74, 6) is 0.204. The summed E-state index contributed by atoms with van der Waals surface area (Å²) < 4.78 is 4.78. The third kappa shape index (κ3) is 9.87. The molecule has 0 bridgehead atoms. The average molecular weight is 242 g/mol. The topological polar surface area (TPSA) is 32.8 Å². The molecule has 4 nitrogen and oxygen atoms in total. The zero-order valence-corrected chi connectivity index (χ0v) is 11.6. The Balaban J connectivity index is 3.57. The second-order valence-electron chi connectivity index (χ2n) is 4.47. The van der Waals surface area contributed by atoms with Gasteiger partial charge < -0.3 is 14.5 Å². The van der Waals surface area contributed by atoms with E-state index in [1.165, 1.54) is 0 Å². The van der Waals surface area contributed by atoms with Gasteiger partial charge in [-0.15, -0.1) is 0 Å². The van der Waals surface area contributed by atoms with E-state index in [1.54, 1.807) is 13.4 Å². The molecule has 0 rings (SSSR count). The van der Waals surface area contributed by atoms with Gasteiger partial charge >= 0.3 is 0 Å². The maximum atomic E-state index is 11.7. The van der Waals surface area contributed by atoms with Crippen LogP contribution in [0.15, 0.2) is 12.3 Å². The van der Waals surface area contributed by atoms with Crippen molar-refractivity contribution >= 4 is 5.91 Å². The van der Waals surface area contributed by atoms with Gasteiger partial charge in [0.1, 0.15) is 0 Å². The predicted octanol–water partition coefficient (Wildman–Crippen LogP) is 1.73. The van der Waals surface area contributed by atoms with Crippen LogP contribution in [0.5, 0.6) is 0 Å². The van der Waals surface area contributed by atoms with E-state index in [4.69, 9.17) is 4.74 Å². The van der Waals surface area contributed by atoms with Crippen molar-refractivity contribution in [3.05, 3.63) is 12.3 Å². The highest BCUT2D eigenvalue weighted by atomic mass is 16.5. The number of methoxy groups -OCH3 is 1. The molecule has 0 atom stereocenters. The molecule has 1 amide bonds. The highest BCUT2D eigenvalue weighted by molar-refractivity contribution is 5.75. The summed E-state index contributed by atoms with van der Waals surface area (Å²) in [5, 5.41) is 0. The lowest BCUT2D eigenvalue weighted by Crippen LogP contribution is -2.27. The number of hydrogen-bond donors (Lipinski definition) is 0. The van der Waals surface area contributed by atoms with E-state index in [0.717, 1.165) is 32.4 Å². The molecule has 0 aliphatic rings. The zero-order valence-electron chi connectivity index (χ0n) is 11.6. The lowest BCUT2D eigenvalue weighted by Gasteiger charge is -2.17. The van der Waals surface area contributed by atoms with Gasteiger partial charge in [-0.25, -0.2) is 0 Å². The van der Waals surface area contributed by atoms with Gasteiger partial charge in [-0.3, -0.25) is 4.79 Å². The minimum Gasteiger partial charge on any atom is -0.505 e. The monoisotopic (exact) mass is 242 g/mol. The van der Waals surface area contributed by atoms with Crippen LogP contribution >= 0.6 is 0 Å². The van der Waals surface area contributed by atoms with Crippen molar-refractivity contribution < 1.29 is 9.53 Å². The van der Waals surface area contributed by atoms with Gasteiger partial charge in [0.05, 0.1) is 13.4 Å². The van der Waals surface area contributed by atoms with Crippen LogP contribution in [-0.4, -0.2) is 57.0 Å². The fourth-order valence-corrected chi connectivity index (χ4v) is 1.46. The molecule has 0 aromatic rings. The molecule has 100 valence electrons. The van der Waals surface area contributed by atoms with Crippen molar-refractivity contribution in [1.82, 2.24) is 9.80 Å². The first-order chi connectivity index (χ1) is 8.07. The molecule has 0 fully saturated rings. The van der Waals surface area contributed by atoms with Gasteiger partial charge in [0, 0.05) is 20.0 Å². The first-order valence-electron chi connectivity index (χ1n) is 6.14. The third-order valence-electron chi connectivity index (χ3n) is 2.53. The van der Waals surface area contributed by atoms with E-state index in [-0.39, 0.29) is 5.91 Å². The first kappa shape index (κ1) is 16.0. The summed E-state index contributed by atoms with van der Waals surface area (Å²) in [6, 6.07) is 0. The van der Waals surface area contributed by atoms with Crippen LogP contribution in [0.3, 0.4) is 0 Å². The molecule has 0 unspecified atom stereocenters. The molecule has 0 aromatic carbocycles. The van der Waals surface area contributed by atoms with Crippen LogP contribution in [0.4, 0.5) is 0 Å². The van der Waals surface area contributed by atoms with Crippen molar-refractivity contribution in [3.8, 4) is 0 Å². The molecule has 0 aliphatic carbocycles. The lowest BCUT2D eigenvalue weighted by atomic mass is 10.2. The summed E-state index contributed by atoms with van der Waals surface area (Å²) in [4.78, 5) is 15.7. The summed E-state index contributed by atoms with van der Waals surface area (Å²) in [7, 11) is 7.61. The van der Waals surface area contributed by atoms with Gasteiger partial charge in [0.2, 0.25) is 5.91 Å². The van der Waals surface area contributed by atoms with E-state index in [0.29, 0.717) is 6.42 Å². The Kier molecular flexibility index (Phi) is 9.53. The van der Waals surface area contributed by atoms with Crippen molar-refractivity contribution in [3.63, 3.8) is 0 Å². The quantitative estimate of drug-likeness (QED) is 0.456. The van der Waals surface area contributed by atoms with Crippen LogP contribution in [-0.2, 0) is 9.53 Å². The SMILES string of the molecule is CO/C=C/CCC(=O)N(C)CCCCN(C)C. The smallest absolute Gasteiger partial charge is 0.222 e. The van der Waals surface area contributed by atoms with Crippen molar-refractivity contribution in [2.24, 2.45) is 0 Å². The number of allylic oxidation sites excluding steroid dienone is 1. The van der Waals surface area contributed by atoms with Crippen molar-refractivity contribution in [1.29, 1.82) is 0 Å². The Hall–Kier alpha value is -1.03. The van der Waals surface area contributed by atoms with Crippen LogP contribution < -0.4 is 0 Å². The predicted molar refractivity (Wildman–Crippen MR) is 70.8 cm³/mol. The molecule has 0 saturated heterocycles. The fourth-order valence-electron chi connectivity index (χ4n) is 1.46. The normalized spacial score (nSPS) is 11.1. The molecular formula is C13H26N2O2. The Morgan fingerprint density at radius 2 is 1.82 bits per heavy atom. The van der Waals surface area contributed by atoms with Crippen LogP contribution in [0.25, 0.3) is 0 Å². The van der Waals surface area contributed by atoms with E-state index in [2.05, 4.69) is 19.0 Å².